The van der Waals surface area contributed by atoms with Gasteiger partial charge in [0.05, 0.1) is 4.92 Å². The second kappa shape index (κ2) is 5.57. The van der Waals surface area contributed by atoms with Crippen LogP contribution in [0.15, 0.2) is 18.2 Å². The Bertz CT molecular complexity index is 422. The highest BCUT2D eigenvalue weighted by Gasteiger charge is 2.15. The highest BCUT2D eigenvalue weighted by atomic mass is 32.2. The first-order valence-electron chi connectivity index (χ1n) is 4.69. The van der Waals surface area contributed by atoms with Crippen molar-refractivity contribution in [3.63, 3.8) is 0 Å². The minimum atomic E-state index is -2.31. The van der Waals surface area contributed by atoms with E-state index in [1.54, 1.807) is 6.07 Å². The van der Waals surface area contributed by atoms with Crippen molar-refractivity contribution in [3.8, 4) is 0 Å². The fourth-order valence-corrected chi connectivity index (χ4v) is 1.71. The number of hydrogen-bond acceptors (Lipinski definition) is 3. The maximum atomic E-state index is 10.7. The number of anilines is 1. The molecule has 0 aromatic heterocycles. The summed E-state index contributed by atoms with van der Waals surface area (Å²) in [5.74, 6) is 0. The Morgan fingerprint density at radius 1 is 1.56 bits per heavy atom. The van der Waals surface area contributed by atoms with E-state index in [-0.39, 0.29) is 11.4 Å². The summed E-state index contributed by atoms with van der Waals surface area (Å²) >= 11 is -2.31. The van der Waals surface area contributed by atoms with Gasteiger partial charge in [-0.2, -0.15) is 0 Å². The fourth-order valence-electron chi connectivity index (χ4n) is 1.35. The average Bonchev–Trinajstić information content (AvgIpc) is 2.19. The molecule has 88 valence electrons. The molecular weight excluding hydrogens is 232 g/mol. The molecule has 0 bridgehead atoms. The predicted molar refractivity (Wildman–Crippen MR) is 61.5 cm³/mol. The molecule has 0 amide bonds. The first-order chi connectivity index (χ1) is 7.54. The zero-order valence-electron chi connectivity index (χ0n) is 8.67. The normalized spacial score (nSPS) is 12.1. The number of nitrogens with one attached hydrogen (secondary N) is 1. The zero-order chi connectivity index (χ0) is 12.1. The van der Waals surface area contributed by atoms with Crippen molar-refractivity contribution in [2.24, 2.45) is 0 Å². The Hall–Kier alpha value is -1.47. The van der Waals surface area contributed by atoms with Crippen LogP contribution in [0.3, 0.4) is 0 Å². The number of nitro benzene ring substituents is 1. The first-order valence-corrected chi connectivity index (χ1v) is 5.80. The average molecular weight is 244 g/mol. The number of aryl methyl sites for hydroxylation is 1. The lowest BCUT2D eigenvalue weighted by molar-refractivity contribution is -0.383. The topological polar surface area (TPSA) is 92.5 Å². The predicted octanol–water partition coefficient (Wildman–Crippen LogP) is 2.10. The molecule has 0 heterocycles. The standard InChI is InChI=1S/C9H12N2O4S/c1-2-3-7-4-5-8(10-16(14)15)9(6-7)11(12)13/h4-6,10H,2-3H2,1H3,(H,14,15). The van der Waals surface area contributed by atoms with E-state index < -0.39 is 16.2 Å². The Kier molecular flexibility index (Phi) is 4.39. The van der Waals surface area contributed by atoms with Crippen molar-refractivity contribution in [2.75, 3.05) is 4.72 Å². The Labute approximate surface area is 95.2 Å². The van der Waals surface area contributed by atoms with Gasteiger partial charge in [-0.15, -0.1) is 0 Å². The molecule has 0 radical (unpaired) electrons. The first kappa shape index (κ1) is 12.6. The van der Waals surface area contributed by atoms with Crippen molar-refractivity contribution in [1.82, 2.24) is 0 Å². The van der Waals surface area contributed by atoms with Gasteiger partial charge in [0.2, 0.25) is 0 Å². The summed E-state index contributed by atoms with van der Waals surface area (Å²) in [7, 11) is 0. The summed E-state index contributed by atoms with van der Waals surface area (Å²) in [6.45, 7) is 1.97. The molecule has 0 fully saturated rings. The van der Waals surface area contributed by atoms with Gasteiger partial charge in [0.15, 0.2) is 0 Å². The molecule has 0 spiro atoms. The van der Waals surface area contributed by atoms with Crippen LogP contribution in [0.1, 0.15) is 18.9 Å². The van der Waals surface area contributed by atoms with Gasteiger partial charge in [0.1, 0.15) is 5.69 Å². The van der Waals surface area contributed by atoms with Crippen LogP contribution in [0.2, 0.25) is 0 Å². The Morgan fingerprint density at radius 3 is 2.75 bits per heavy atom. The Balaban J connectivity index is 3.08. The van der Waals surface area contributed by atoms with E-state index in [1.807, 2.05) is 6.92 Å². The van der Waals surface area contributed by atoms with Crippen LogP contribution in [-0.4, -0.2) is 13.7 Å². The maximum Gasteiger partial charge on any atom is 0.293 e. The molecule has 1 atom stereocenters. The molecule has 1 aromatic carbocycles. The number of nitrogens with zero attached hydrogens (tertiary/aromatic N) is 1. The SMILES string of the molecule is CCCc1ccc(NS(=O)O)c([N+](=O)[O-])c1. The van der Waals surface area contributed by atoms with Gasteiger partial charge in [0.25, 0.3) is 17.0 Å². The second-order valence-electron chi connectivity index (χ2n) is 3.21. The minimum absolute atomic E-state index is 0.0469. The van der Waals surface area contributed by atoms with Crippen LogP contribution < -0.4 is 4.72 Å². The largest absolute Gasteiger partial charge is 0.293 e. The summed E-state index contributed by atoms with van der Waals surface area (Å²) in [6, 6.07) is 4.56. The number of hydrogen-bond donors (Lipinski definition) is 2. The van der Waals surface area contributed by atoms with Gasteiger partial charge in [-0.1, -0.05) is 19.4 Å². The van der Waals surface area contributed by atoms with Gasteiger partial charge in [-0.05, 0) is 18.1 Å². The molecular formula is C9H12N2O4S. The van der Waals surface area contributed by atoms with Crippen LogP contribution >= 0.6 is 0 Å². The summed E-state index contributed by atoms with van der Waals surface area (Å²) in [6.07, 6.45) is 1.62. The van der Waals surface area contributed by atoms with Crippen LogP contribution in [-0.2, 0) is 17.7 Å². The molecule has 0 aliphatic rings. The van der Waals surface area contributed by atoms with Crippen molar-refractivity contribution in [3.05, 3.63) is 33.9 Å². The van der Waals surface area contributed by atoms with E-state index in [9.17, 15) is 14.3 Å². The smallest absolute Gasteiger partial charge is 0.289 e. The molecule has 6 nitrogen and oxygen atoms in total. The molecule has 1 unspecified atom stereocenters. The minimum Gasteiger partial charge on any atom is -0.289 e. The zero-order valence-corrected chi connectivity index (χ0v) is 9.49. The molecule has 1 aromatic rings. The van der Waals surface area contributed by atoms with E-state index in [2.05, 4.69) is 4.72 Å². The van der Waals surface area contributed by atoms with Crippen molar-refractivity contribution in [1.29, 1.82) is 0 Å². The van der Waals surface area contributed by atoms with E-state index >= 15 is 0 Å². The van der Waals surface area contributed by atoms with Gasteiger partial charge < -0.3 is 0 Å². The third-order valence-electron chi connectivity index (χ3n) is 1.99. The number of nitro groups is 1. The summed E-state index contributed by atoms with van der Waals surface area (Å²) < 4.78 is 21.3. The maximum absolute atomic E-state index is 10.7. The quantitative estimate of drug-likeness (QED) is 0.471. The van der Waals surface area contributed by atoms with Gasteiger partial charge in [0, 0.05) is 6.07 Å². The van der Waals surface area contributed by atoms with Crippen molar-refractivity contribution in [2.45, 2.75) is 19.8 Å². The molecule has 2 N–H and O–H groups in total. The molecule has 16 heavy (non-hydrogen) atoms. The molecule has 0 saturated heterocycles. The fraction of sp³-hybridized carbons (Fsp3) is 0.333. The highest BCUT2D eigenvalue weighted by Crippen LogP contribution is 2.26. The monoisotopic (exact) mass is 244 g/mol. The highest BCUT2D eigenvalue weighted by molar-refractivity contribution is 7.80. The Morgan fingerprint density at radius 2 is 2.25 bits per heavy atom. The van der Waals surface area contributed by atoms with Gasteiger partial charge in [-0.25, -0.2) is 4.21 Å². The molecule has 1 rings (SSSR count). The van der Waals surface area contributed by atoms with Crippen LogP contribution in [0.4, 0.5) is 11.4 Å². The van der Waals surface area contributed by atoms with Gasteiger partial charge >= 0.3 is 0 Å². The second-order valence-corrected chi connectivity index (χ2v) is 3.91. The lowest BCUT2D eigenvalue weighted by atomic mass is 10.1. The number of rotatable bonds is 5. The number of benzene rings is 1. The van der Waals surface area contributed by atoms with E-state index in [1.165, 1.54) is 12.1 Å². The lowest BCUT2D eigenvalue weighted by Gasteiger charge is -2.04. The van der Waals surface area contributed by atoms with Gasteiger partial charge in [-0.3, -0.25) is 19.4 Å². The van der Waals surface area contributed by atoms with Crippen LogP contribution in [0.5, 0.6) is 0 Å². The van der Waals surface area contributed by atoms with Crippen LogP contribution in [0, 0.1) is 10.1 Å². The third-order valence-corrected chi connectivity index (χ3v) is 2.39. The molecule has 7 heteroatoms. The van der Waals surface area contributed by atoms with E-state index in [4.69, 9.17) is 4.55 Å². The van der Waals surface area contributed by atoms with E-state index in [0.717, 1.165) is 18.4 Å². The van der Waals surface area contributed by atoms with Crippen molar-refractivity contribution >= 4 is 22.6 Å². The van der Waals surface area contributed by atoms with Crippen molar-refractivity contribution < 1.29 is 13.7 Å². The van der Waals surface area contributed by atoms with E-state index in [0.29, 0.717) is 0 Å². The molecule has 0 aliphatic heterocycles. The summed E-state index contributed by atoms with van der Waals surface area (Å²) in [5.41, 5.74) is 0.697. The lowest BCUT2D eigenvalue weighted by Crippen LogP contribution is -2.05. The molecule has 0 saturated carbocycles. The third kappa shape index (κ3) is 3.28. The summed E-state index contributed by atoms with van der Waals surface area (Å²) in [5, 5.41) is 10.7. The van der Waals surface area contributed by atoms with Crippen LogP contribution in [0.25, 0.3) is 0 Å². The summed E-state index contributed by atoms with van der Waals surface area (Å²) in [4.78, 5) is 10.2. The molecule has 0 aliphatic carbocycles.